The topological polar surface area (TPSA) is 96.2 Å². The van der Waals surface area contributed by atoms with E-state index in [4.69, 9.17) is 5.11 Å². The van der Waals surface area contributed by atoms with Gasteiger partial charge in [-0.2, -0.15) is 0 Å². The van der Waals surface area contributed by atoms with Crippen LogP contribution in [0.15, 0.2) is 41.9 Å². The Kier molecular flexibility index (Phi) is 3.46. The van der Waals surface area contributed by atoms with E-state index in [2.05, 4.69) is 9.47 Å². The molecule has 6 nitrogen and oxygen atoms in total. The first-order chi connectivity index (χ1) is 8.95. The Morgan fingerprint density at radius 1 is 1.26 bits per heavy atom. The molecule has 0 atom stereocenters. The van der Waals surface area contributed by atoms with Crippen LogP contribution in [0.2, 0.25) is 0 Å². The van der Waals surface area contributed by atoms with Crippen molar-refractivity contribution < 1.29 is 29.6 Å². The molecule has 1 aromatic carbocycles. The van der Waals surface area contributed by atoms with E-state index < -0.39 is 18.0 Å². The van der Waals surface area contributed by atoms with Crippen LogP contribution in [0.5, 0.6) is 0 Å². The van der Waals surface area contributed by atoms with E-state index in [0.29, 0.717) is 12.0 Å². The molecule has 0 spiro atoms. The van der Waals surface area contributed by atoms with Crippen molar-refractivity contribution in [2.45, 2.75) is 25.4 Å². The fraction of sp³-hybridized carbons (Fsp3) is 0.308. The molecule has 3 N–H and O–H groups in total. The number of aliphatic carboxylic acids is 1. The Labute approximate surface area is 109 Å². The van der Waals surface area contributed by atoms with Crippen molar-refractivity contribution in [2.24, 2.45) is 0 Å². The summed E-state index contributed by atoms with van der Waals surface area (Å²) in [7, 11) is 0. The van der Waals surface area contributed by atoms with E-state index in [1.807, 2.05) is 6.07 Å². The monoisotopic (exact) mass is 266 g/mol. The summed E-state index contributed by atoms with van der Waals surface area (Å²) < 4.78 is 9.16. The maximum absolute atomic E-state index is 10.0. The first-order valence-corrected chi connectivity index (χ1v) is 5.76. The molecule has 0 unspecified atom stereocenters. The SMILES string of the molecule is CCC(O)(O)c1ccccc1.O=C(O)C1=C2OC1O2. The molecule has 3 aliphatic rings. The molecule has 0 aromatic heterocycles. The molecule has 3 heterocycles. The Bertz CT molecular complexity index is 497. The van der Waals surface area contributed by atoms with E-state index in [0.717, 1.165) is 0 Å². The molecule has 0 radical (unpaired) electrons. The fourth-order valence-corrected chi connectivity index (χ4v) is 1.53. The van der Waals surface area contributed by atoms with Crippen LogP contribution in [0.3, 0.4) is 0 Å². The summed E-state index contributed by atoms with van der Waals surface area (Å²) >= 11 is 0. The molecule has 2 bridgehead atoms. The van der Waals surface area contributed by atoms with Gasteiger partial charge in [-0.05, 0) is 0 Å². The van der Waals surface area contributed by atoms with Crippen LogP contribution >= 0.6 is 0 Å². The van der Waals surface area contributed by atoms with Gasteiger partial charge >= 0.3 is 11.9 Å². The van der Waals surface area contributed by atoms with Gasteiger partial charge in [-0.1, -0.05) is 37.3 Å². The molecule has 1 aromatic rings. The number of rotatable bonds is 3. The third kappa shape index (κ3) is 2.54. The minimum absolute atomic E-state index is 0.183. The first kappa shape index (κ1) is 13.4. The lowest BCUT2D eigenvalue weighted by Crippen LogP contribution is -2.47. The number of carboxylic acid groups (broad SMARTS) is 1. The second kappa shape index (κ2) is 4.91. The van der Waals surface area contributed by atoms with Crippen molar-refractivity contribution in [2.75, 3.05) is 0 Å². The molecule has 19 heavy (non-hydrogen) atoms. The van der Waals surface area contributed by atoms with Crippen LogP contribution in [-0.4, -0.2) is 27.6 Å². The average molecular weight is 266 g/mol. The van der Waals surface area contributed by atoms with Gasteiger partial charge in [0, 0.05) is 12.0 Å². The number of benzene rings is 1. The predicted molar refractivity (Wildman–Crippen MR) is 63.5 cm³/mol. The quantitative estimate of drug-likeness (QED) is 0.703. The van der Waals surface area contributed by atoms with Crippen LogP contribution in [0.25, 0.3) is 0 Å². The summed E-state index contributed by atoms with van der Waals surface area (Å²) in [5.41, 5.74) is 0.813. The summed E-state index contributed by atoms with van der Waals surface area (Å²) in [5, 5.41) is 26.9. The number of carboxylic acids is 1. The highest BCUT2D eigenvalue weighted by molar-refractivity contribution is 5.90. The minimum Gasteiger partial charge on any atom is -0.477 e. The van der Waals surface area contributed by atoms with Crippen LogP contribution in [0.4, 0.5) is 0 Å². The van der Waals surface area contributed by atoms with Crippen molar-refractivity contribution >= 4 is 5.97 Å². The fourth-order valence-electron chi connectivity index (χ4n) is 1.53. The van der Waals surface area contributed by atoms with Crippen LogP contribution in [0, 0.1) is 0 Å². The van der Waals surface area contributed by atoms with Gasteiger partial charge in [0.1, 0.15) is 0 Å². The molecular weight excluding hydrogens is 252 g/mol. The Balaban J connectivity index is 0.000000146. The van der Waals surface area contributed by atoms with Crippen molar-refractivity contribution in [3.05, 3.63) is 47.4 Å². The summed E-state index contributed by atoms with van der Waals surface area (Å²) in [5.74, 6) is -2.42. The summed E-state index contributed by atoms with van der Waals surface area (Å²) in [6.07, 6.45) is -0.251. The number of ether oxygens (including phenoxy) is 2. The summed E-state index contributed by atoms with van der Waals surface area (Å²) in [6.45, 7) is 1.73. The number of aliphatic hydroxyl groups is 2. The molecule has 1 fully saturated rings. The molecule has 0 saturated carbocycles. The third-order valence-corrected chi connectivity index (χ3v) is 2.84. The largest absolute Gasteiger partial charge is 0.477 e. The summed E-state index contributed by atoms with van der Waals surface area (Å²) in [4.78, 5) is 10.0. The first-order valence-electron chi connectivity index (χ1n) is 5.76. The molecule has 4 rings (SSSR count). The Morgan fingerprint density at radius 2 is 1.79 bits per heavy atom. The standard InChI is InChI=1S/C9H12O2.C4H2O4/c1-2-9(10,11)8-6-4-3-5-7-8;5-2(6)1-3-7-4(1)8-3/h3-7,10-11H,2H2,1H3;3H,(H,5,6). The molecule has 6 heteroatoms. The highest BCUT2D eigenvalue weighted by Gasteiger charge is 2.52. The predicted octanol–water partition coefficient (Wildman–Crippen LogP) is 0.903. The summed E-state index contributed by atoms with van der Waals surface area (Å²) in [6, 6.07) is 8.81. The normalized spacial score (nSPS) is 16.2. The Hall–Kier alpha value is -2.05. The molecule has 102 valence electrons. The Morgan fingerprint density at radius 3 is 2.05 bits per heavy atom. The zero-order valence-corrected chi connectivity index (χ0v) is 10.2. The van der Waals surface area contributed by atoms with Gasteiger partial charge < -0.3 is 24.8 Å². The minimum atomic E-state index is -1.67. The second-order valence-electron chi connectivity index (χ2n) is 4.11. The molecular formula is C13H14O6. The van der Waals surface area contributed by atoms with Crippen molar-refractivity contribution in [3.63, 3.8) is 0 Å². The number of hydrogen-bond donors (Lipinski definition) is 3. The van der Waals surface area contributed by atoms with E-state index in [1.165, 1.54) is 0 Å². The molecule has 3 aliphatic heterocycles. The van der Waals surface area contributed by atoms with E-state index >= 15 is 0 Å². The van der Waals surface area contributed by atoms with Gasteiger partial charge in [0.2, 0.25) is 0 Å². The van der Waals surface area contributed by atoms with Crippen molar-refractivity contribution in [1.82, 2.24) is 0 Å². The third-order valence-electron chi connectivity index (χ3n) is 2.84. The van der Waals surface area contributed by atoms with Gasteiger partial charge in [0.25, 0.3) is 6.29 Å². The zero-order valence-electron chi connectivity index (χ0n) is 10.2. The van der Waals surface area contributed by atoms with Crippen LogP contribution < -0.4 is 0 Å². The van der Waals surface area contributed by atoms with Gasteiger partial charge in [-0.3, -0.25) is 0 Å². The highest BCUT2D eigenvalue weighted by Crippen LogP contribution is 2.41. The highest BCUT2D eigenvalue weighted by atomic mass is 16.9. The van der Waals surface area contributed by atoms with Crippen molar-refractivity contribution in [1.29, 1.82) is 0 Å². The molecule has 1 saturated heterocycles. The van der Waals surface area contributed by atoms with Crippen LogP contribution in [-0.2, 0) is 20.1 Å². The zero-order chi connectivity index (χ0) is 14.0. The van der Waals surface area contributed by atoms with Gasteiger partial charge in [0.15, 0.2) is 11.4 Å². The number of carbonyl (C=O) groups is 1. The lowest BCUT2D eigenvalue weighted by Gasteiger charge is -2.41. The molecule has 0 amide bonds. The second-order valence-corrected chi connectivity index (χ2v) is 4.11. The van der Waals surface area contributed by atoms with Gasteiger partial charge in [-0.15, -0.1) is 0 Å². The smallest absolute Gasteiger partial charge is 0.346 e. The van der Waals surface area contributed by atoms with E-state index in [1.54, 1.807) is 31.2 Å². The van der Waals surface area contributed by atoms with Gasteiger partial charge in [0.05, 0.1) is 0 Å². The maximum Gasteiger partial charge on any atom is 0.346 e. The lowest BCUT2D eigenvalue weighted by atomic mass is 10.0. The van der Waals surface area contributed by atoms with Gasteiger partial charge in [-0.25, -0.2) is 4.79 Å². The lowest BCUT2D eigenvalue weighted by molar-refractivity contribution is -0.284. The van der Waals surface area contributed by atoms with Crippen LogP contribution in [0.1, 0.15) is 18.9 Å². The van der Waals surface area contributed by atoms with E-state index in [9.17, 15) is 15.0 Å². The average Bonchev–Trinajstić information content (AvgIpc) is 2.26. The molecule has 0 aliphatic carbocycles. The van der Waals surface area contributed by atoms with Crippen molar-refractivity contribution in [3.8, 4) is 0 Å². The van der Waals surface area contributed by atoms with E-state index in [-0.39, 0.29) is 11.5 Å². The number of hydrogen-bond acceptors (Lipinski definition) is 5. The maximum atomic E-state index is 10.0.